The Morgan fingerprint density at radius 3 is 1.60 bits per heavy atom. The molecule has 0 aromatic rings. The van der Waals surface area contributed by atoms with E-state index >= 15 is 0 Å². The summed E-state index contributed by atoms with van der Waals surface area (Å²) in [5.74, 6) is 0. The van der Waals surface area contributed by atoms with Crippen LogP contribution < -0.4 is 18.1 Å². The summed E-state index contributed by atoms with van der Waals surface area (Å²) in [5.41, 5.74) is 5.58. The Balaban J connectivity index is 0. The Bertz CT molecular complexity index is 83.7. The van der Waals surface area contributed by atoms with E-state index in [9.17, 15) is 0 Å². The first kappa shape index (κ1) is 12.8. The van der Waals surface area contributed by atoms with Crippen LogP contribution in [0.1, 0.15) is 13.8 Å². The van der Waals surface area contributed by atoms with E-state index in [1.807, 2.05) is 21.0 Å². The second-order valence-corrected chi connectivity index (χ2v) is 3.00. The fraction of sp³-hybridized carbons (Fsp3) is 1.00. The number of aliphatic hydroxyl groups is 1. The molecule has 0 aromatic carbocycles. The summed E-state index contributed by atoms with van der Waals surface area (Å²) in [6.07, 6.45) is -0.421. The van der Waals surface area contributed by atoms with Crippen LogP contribution >= 0.6 is 0 Å². The van der Waals surface area contributed by atoms with Crippen molar-refractivity contribution in [3.05, 3.63) is 0 Å². The molecule has 0 saturated heterocycles. The van der Waals surface area contributed by atoms with Gasteiger partial charge in [-0.25, -0.2) is 0 Å². The number of rotatable bonds is 2. The van der Waals surface area contributed by atoms with Gasteiger partial charge in [0.15, 0.2) is 6.23 Å². The maximum Gasteiger partial charge on any atom is 0.188 e. The summed E-state index contributed by atoms with van der Waals surface area (Å²) >= 11 is 0. The van der Waals surface area contributed by atoms with E-state index in [0.717, 1.165) is 0 Å². The van der Waals surface area contributed by atoms with E-state index in [-0.39, 0.29) is 18.6 Å². The molecule has 0 saturated carbocycles. The molecular weight excluding hydrogens is 152 g/mol. The molecule has 0 aliphatic rings. The van der Waals surface area contributed by atoms with Gasteiger partial charge in [0.25, 0.3) is 0 Å². The standard InChI is InChI=1S/C6H17N2O.ClH/c1-5(7)8(3,4)6(2)9;/h5-6,9H,7H2,1-4H3;1H/q+1;/p-1. The lowest BCUT2D eigenvalue weighted by Gasteiger charge is -2.36. The van der Waals surface area contributed by atoms with Gasteiger partial charge in [-0.3, -0.25) is 10.2 Å². The Labute approximate surface area is 68.8 Å². The molecular formula is C6H17ClN2O. The highest BCUT2D eigenvalue weighted by Gasteiger charge is 2.25. The molecule has 4 heteroatoms. The molecule has 0 heterocycles. The molecule has 0 radical (unpaired) electrons. The summed E-state index contributed by atoms with van der Waals surface area (Å²) in [7, 11) is 3.80. The van der Waals surface area contributed by atoms with E-state index in [2.05, 4.69) is 0 Å². The first-order valence-corrected chi connectivity index (χ1v) is 3.16. The minimum absolute atomic E-state index is 0. The molecule has 0 aromatic heterocycles. The lowest BCUT2D eigenvalue weighted by molar-refractivity contribution is -0.955. The van der Waals surface area contributed by atoms with Crippen LogP contribution in [-0.4, -0.2) is 36.1 Å². The van der Waals surface area contributed by atoms with Gasteiger partial charge in [0, 0.05) is 13.8 Å². The van der Waals surface area contributed by atoms with Gasteiger partial charge in [0.2, 0.25) is 0 Å². The van der Waals surface area contributed by atoms with Crippen molar-refractivity contribution < 1.29 is 22.0 Å². The van der Waals surface area contributed by atoms with Gasteiger partial charge in [-0.2, -0.15) is 0 Å². The fourth-order valence-electron chi connectivity index (χ4n) is 0.340. The summed E-state index contributed by atoms with van der Waals surface area (Å²) < 4.78 is 0.444. The minimum Gasteiger partial charge on any atom is -1.00 e. The molecule has 2 unspecified atom stereocenters. The topological polar surface area (TPSA) is 46.2 Å². The molecule has 3 nitrogen and oxygen atoms in total. The summed E-state index contributed by atoms with van der Waals surface area (Å²) in [6.45, 7) is 3.62. The monoisotopic (exact) mass is 168 g/mol. The maximum atomic E-state index is 9.14. The van der Waals surface area contributed by atoms with E-state index in [1.165, 1.54) is 0 Å². The Hall–Kier alpha value is 0.170. The van der Waals surface area contributed by atoms with Gasteiger partial charge in [0.1, 0.15) is 6.17 Å². The van der Waals surface area contributed by atoms with Crippen molar-refractivity contribution in [1.82, 2.24) is 0 Å². The second-order valence-electron chi connectivity index (χ2n) is 3.00. The van der Waals surface area contributed by atoms with Crippen LogP contribution in [0.5, 0.6) is 0 Å². The van der Waals surface area contributed by atoms with Gasteiger partial charge < -0.3 is 17.5 Å². The van der Waals surface area contributed by atoms with Crippen LogP contribution in [-0.2, 0) is 0 Å². The second kappa shape index (κ2) is 4.13. The lowest BCUT2D eigenvalue weighted by Crippen LogP contribution is -3.00. The average molecular weight is 169 g/mol. The van der Waals surface area contributed by atoms with E-state index in [4.69, 9.17) is 10.8 Å². The highest BCUT2D eigenvalue weighted by molar-refractivity contribution is 4.37. The van der Waals surface area contributed by atoms with Crippen molar-refractivity contribution in [2.24, 2.45) is 5.73 Å². The number of hydrogen-bond donors (Lipinski definition) is 2. The highest BCUT2D eigenvalue weighted by Crippen LogP contribution is 2.05. The summed E-state index contributed by atoms with van der Waals surface area (Å²) in [4.78, 5) is 0. The third-order valence-corrected chi connectivity index (χ3v) is 2.01. The number of nitrogens with two attached hydrogens (primary N) is 1. The fourth-order valence-corrected chi connectivity index (χ4v) is 0.340. The zero-order valence-electron chi connectivity index (χ0n) is 7.00. The molecule has 64 valence electrons. The molecule has 10 heavy (non-hydrogen) atoms. The predicted molar refractivity (Wildman–Crippen MR) is 37.4 cm³/mol. The van der Waals surface area contributed by atoms with Crippen molar-refractivity contribution in [3.8, 4) is 0 Å². The van der Waals surface area contributed by atoms with Gasteiger partial charge in [-0.1, -0.05) is 0 Å². The Kier molecular flexibility index (Phi) is 5.29. The molecule has 0 aliphatic heterocycles. The molecule has 3 N–H and O–H groups in total. The van der Waals surface area contributed by atoms with E-state index in [1.54, 1.807) is 6.92 Å². The zero-order chi connectivity index (χ0) is 7.65. The van der Waals surface area contributed by atoms with Gasteiger partial charge in [0.05, 0.1) is 14.1 Å². The van der Waals surface area contributed by atoms with Crippen LogP contribution in [0.4, 0.5) is 0 Å². The van der Waals surface area contributed by atoms with Crippen molar-refractivity contribution in [1.29, 1.82) is 0 Å². The molecule has 0 fully saturated rings. The average Bonchev–Trinajstić information content (AvgIpc) is 1.65. The highest BCUT2D eigenvalue weighted by atomic mass is 35.5. The molecule has 0 amide bonds. The number of halogens is 1. The van der Waals surface area contributed by atoms with E-state index < -0.39 is 6.23 Å². The smallest absolute Gasteiger partial charge is 0.188 e. The third-order valence-electron chi connectivity index (χ3n) is 2.01. The largest absolute Gasteiger partial charge is 1.00 e. The maximum absolute atomic E-state index is 9.14. The van der Waals surface area contributed by atoms with E-state index in [0.29, 0.717) is 4.48 Å². The quantitative estimate of drug-likeness (QED) is 0.336. The van der Waals surface area contributed by atoms with Crippen LogP contribution in [0.15, 0.2) is 0 Å². The SMILES string of the molecule is CC(N)[N+](C)(C)C(C)O.[Cl-]. The first-order valence-electron chi connectivity index (χ1n) is 3.16. The Morgan fingerprint density at radius 2 is 1.60 bits per heavy atom. The zero-order valence-corrected chi connectivity index (χ0v) is 7.76. The van der Waals surface area contributed by atoms with Crippen LogP contribution in [0.2, 0.25) is 0 Å². The van der Waals surface area contributed by atoms with Crippen LogP contribution in [0, 0.1) is 0 Å². The normalized spacial score (nSPS) is 17.4. The molecule has 2 atom stereocenters. The van der Waals surface area contributed by atoms with Crippen LogP contribution in [0.3, 0.4) is 0 Å². The lowest BCUT2D eigenvalue weighted by atomic mass is 10.4. The number of aliphatic hydroxyl groups excluding tert-OH is 1. The number of nitrogens with zero attached hydrogens (tertiary/aromatic N) is 1. The predicted octanol–water partition coefficient (Wildman–Crippen LogP) is -3.29. The minimum atomic E-state index is -0.398. The number of hydrogen-bond acceptors (Lipinski definition) is 2. The van der Waals surface area contributed by atoms with Crippen molar-refractivity contribution in [3.63, 3.8) is 0 Å². The van der Waals surface area contributed by atoms with Gasteiger partial charge >= 0.3 is 0 Å². The molecule has 0 spiro atoms. The van der Waals surface area contributed by atoms with Gasteiger partial charge in [-0.05, 0) is 0 Å². The number of quaternary nitrogens is 1. The van der Waals surface area contributed by atoms with Crippen molar-refractivity contribution in [2.45, 2.75) is 26.2 Å². The summed E-state index contributed by atoms with van der Waals surface area (Å²) in [6, 6.07) is 0. The van der Waals surface area contributed by atoms with Crippen molar-refractivity contribution >= 4 is 0 Å². The molecule has 0 bridgehead atoms. The van der Waals surface area contributed by atoms with Crippen molar-refractivity contribution in [2.75, 3.05) is 14.1 Å². The Morgan fingerprint density at radius 1 is 1.30 bits per heavy atom. The third kappa shape index (κ3) is 2.84. The summed E-state index contributed by atoms with van der Waals surface area (Å²) in [5, 5.41) is 9.14. The van der Waals surface area contributed by atoms with Gasteiger partial charge in [-0.15, -0.1) is 0 Å². The first-order chi connectivity index (χ1) is 3.89. The van der Waals surface area contributed by atoms with Crippen LogP contribution in [0.25, 0.3) is 0 Å². The molecule has 0 rings (SSSR count). The molecule has 0 aliphatic carbocycles.